The maximum atomic E-state index is 14.0. The molecule has 0 radical (unpaired) electrons. The van der Waals surface area contributed by atoms with E-state index in [9.17, 15) is 28.8 Å². The quantitative estimate of drug-likeness (QED) is 0.126. The van der Waals surface area contributed by atoms with Crippen LogP contribution in [0.25, 0.3) is 0 Å². The zero-order valence-electron chi connectivity index (χ0n) is 23.1. The van der Waals surface area contributed by atoms with Crippen molar-refractivity contribution in [1.29, 1.82) is 0 Å². The van der Waals surface area contributed by atoms with Crippen LogP contribution < -0.4 is 21.4 Å². The number of esters is 2. The Balaban J connectivity index is 2.16. The Morgan fingerprint density at radius 2 is 1.69 bits per heavy atom. The molecule has 1 aromatic heterocycles. The molecule has 222 valence electrons. The van der Waals surface area contributed by atoms with Crippen molar-refractivity contribution in [3.63, 3.8) is 0 Å². The molecular formula is C24H41N4O10P. The van der Waals surface area contributed by atoms with Gasteiger partial charge in [-0.05, 0) is 33.6 Å². The summed E-state index contributed by atoms with van der Waals surface area (Å²) in [5, 5.41) is 16.0. The molecular weight excluding hydrogens is 535 g/mol. The van der Waals surface area contributed by atoms with E-state index in [1.165, 1.54) is 27.0 Å². The van der Waals surface area contributed by atoms with E-state index in [-0.39, 0.29) is 19.6 Å². The molecule has 2 rings (SSSR count). The molecule has 39 heavy (non-hydrogen) atoms. The van der Waals surface area contributed by atoms with Crippen LogP contribution >= 0.6 is 7.44 Å². The average molecular weight is 577 g/mol. The van der Waals surface area contributed by atoms with Gasteiger partial charge in [-0.25, -0.2) is 15.0 Å². The molecule has 0 aliphatic carbocycles. The number of carbonyl (C=O) groups excluding carboxylic acids is 2. The lowest BCUT2D eigenvalue weighted by molar-refractivity contribution is -0.220. The van der Waals surface area contributed by atoms with Crippen molar-refractivity contribution >= 4 is 19.4 Å². The minimum Gasteiger partial charge on any atom is -0.465 e. The highest BCUT2D eigenvalue weighted by Crippen LogP contribution is 2.43. The Hall–Kier alpha value is -2.35. The van der Waals surface area contributed by atoms with Crippen LogP contribution in [0.3, 0.4) is 0 Å². The molecule has 0 unspecified atom stereocenters. The van der Waals surface area contributed by atoms with Crippen molar-refractivity contribution in [2.75, 3.05) is 19.6 Å². The third kappa shape index (κ3) is 9.96. The second kappa shape index (κ2) is 14.9. The van der Waals surface area contributed by atoms with E-state index in [2.05, 4.69) is 15.2 Å². The molecule has 14 nitrogen and oxygen atoms in total. The predicted octanol–water partition coefficient (Wildman–Crippen LogP) is 1.34. The molecule has 0 bridgehead atoms. The van der Waals surface area contributed by atoms with Crippen molar-refractivity contribution in [2.24, 2.45) is 0 Å². The van der Waals surface area contributed by atoms with Gasteiger partial charge in [0.2, 0.25) is 7.44 Å². The number of unbranched alkanes of at least 4 members (excludes halogenated alkanes) is 2. The molecule has 5 atom stereocenters. The van der Waals surface area contributed by atoms with Crippen molar-refractivity contribution in [1.82, 2.24) is 19.7 Å². The first kappa shape index (κ1) is 32.9. The predicted molar refractivity (Wildman–Crippen MR) is 141 cm³/mol. The zero-order valence-corrected chi connectivity index (χ0v) is 24.0. The second-order valence-corrected chi connectivity index (χ2v) is 11.9. The minimum atomic E-state index is -3.84. The lowest BCUT2D eigenvalue weighted by atomic mass is 10.1. The van der Waals surface area contributed by atoms with Crippen LogP contribution in [0.5, 0.6) is 0 Å². The van der Waals surface area contributed by atoms with Gasteiger partial charge in [-0.1, -0.05) is 26.7 Å². The molecule has 0 aromatic carbocycles. The molecule has 1 aromatic rings. The normalized spacial score (nSPS) is 22.8. The standard InChI is InChI=1S/C24H41N4O10P/c1-6-8-12-35-21(31)16(3)26-39(34,27-17(4)22(32)36-13-9-7-2)15-37-24(5)14-18(29)20(38-24)28-11-10-19(30)25-23(28)33/h10-11,16-18,20,29H,6-9,12-15H2,1-5H3,(H,25,30,33)(H2,26,27,34)/t16-,17-,18+,20+,24-/m0/s1. The molecule has 0 amide bonds. The van der Waals surface area contributed by atoms with Crippen molar-refractivity contribution in [3.8, 4) is 0 Å². The summed E-state index contributed by atoms with van der Waals surface area (Å²) >= 11 is 0. The van der Waals surface area contributed by atoms with Crippen LogP contribution in [0.2, 0.25) is 0 Å². The Bertz CT molecular complexity index is 1090. The van der Waals surface area contributed by atoms with Crippen LogP contribution in [-0.4, -0.2) is 70.1 Å². The van der Waals surface area contributed by atoms with Crippen LogP contribution in [0.15, 0.2) is 21.9 Å². The number of nitrogens with one attached hydrogen (secondary N) is 3. The van der Waals surface area contributed by atoms with Crippen LogP contribution in [-0.2, 0) is 33.1 Å². The SMILES string of the molecule is CCCCOC(=O)[C@H](C)NP(=O)(CO[C@]1(C)C[C@@H](O)[C@H](n2ccc(=O)[nH]c2=O)O1)N[C@@H](C)C(=O)OCCCC. The summed E-state index contributed by atoms with van der Waals surface area (Å²) in [6.07, 6.45) is 1.17. The summed E-state index contributed by atoms with van der Waals surface area (Å²) in [5.41, 5.74) is -1.39. The lowest BCUT2D eigenvalue weighted by Gasteiger charge is -2.30. The molecule has 1 aliphatic rings. The largest absolute Gasteiger partial charge is 0.465 e. The Kier molecular flexibility index (Phi) is 12.5. The number of H-pyrrole nitrogens is 1. The van der Waals surface area contributed by atoms with Gasteiger partial charge in [-0.2, -0.15) is 0 Å². The summed E-state index contributed by atoms with van der Waals surface area (Å²) in [4.78, 5) is 50.5. The van der Waals surface area contributed by atoms with Crippen molar-refractivity contribution in [2.45, 2.75) is 96.9 Å². The van der Waals surface area contributed by atoms with Gasteiger partial charge in [-0.15, -0.1) is 0 Å². The first-order chi connectivity index (χ1) is 18.3. The van der Waals surface area contributed by atoms with Gasteiger partial charge < -0.3 is 24.1 Å². The van der Waals surface area contributed by atoms with Crippen molar-refractivity contribution in [3.05, 3.63) is 33.1 Å². The van der Waals surface area contributed by atoms with E-state index < -0.39 is 67.2 Å². The summed E-state index contributed by atoms with van der Waals surface area (Å²) in [5.74, 6) is -2.76. The average Bonchev–Trinajstić information content (AvgIpc) is 3.17. The summed E-state index contributed by atoms with van der Waals surface area (Å²) < 4.78 is 37.0. The fraction of sp³-hybridized carbons (Fsp3) is 0.750. The first-order valence-electron chi connectivity index (χ1n) is 13.1. The van der Waals surface area contributed by atoms with Gasteiger partial charge in [0.25, 0.3) is 5.56 Å². The number of aromatic nitrogens is 2. The van der Waals surface area contributed by atoms with Gasteiger partial charge in [0.1, 0.15) is 24.5 Å². The highest BCUT2D eigenvalue weighted by molar-refractivity contribution is 7.59. The van der Waals surface area contributed by atoms with E-state index >= 15 is 0 Å². The fourth-order valence-corrected chi connectivity index (χ4v) is 5.92. The number of aromatic amines is 1. The van der Waals surface area contributed by atoms with E-state index in [1.54, 1.807) is 0 Å². The molecule has 15 heteroatoms. The maximum absolute atomic E-state index is 14.0. The fourth-order valence-electron chi connectivity index (χ4n) is 3.78. The summed E-state index contributed by atoms with van der Waals surface area (Å²) in [6.45, 7) is 8.77. The number of aliphatic hydroxyl groups is 1. The summed E-state index contributed by atoms with van der Waals surface area (Å²) in [6, 6.07) is -0.914. The summed E-state index contributed by atoms with van der Waals surface area (Å²) in [7, 11) is -3.84. The molecule has 0 spiro atoms. The van der Waals surface area contributed by atoms with Crippen LogP contribution in [0.1, 0.15) is 73.0 Å². The Labute approximate surface area is 227 Å². The van der Waals surface area contributed by atoms with Crippen molar-refractivity contribution < 1.29 is 38.2 Å². The highest BCUT2D eigenvalue weighted by Gasteiger charge is 2.46. The molecule has 2 heterocycles. The number of aliphatic hydroxyl groups excluding tert-OH is 1. The van der Waals surface area contributed by atoms with Gasteiger partial charge in [0.15, 0.2) is 12.0 Å². The Morgan fingerprint density at radius 1 is 1.15 bits per heavy atom. The van der Waals surface area contributed by atoms with Gasteiger partial charge in [0, 0.05) is 18.7 Å². The van der Waals surface area contributed by atoms with E-state index in [0.717, 1.165) is 23.5 Å². The molecule has 1 fully saturated rings. The minimum absolute atomic E-state index is 0.105. The third-order valence-electron chi connectivity index (χ3n) is 5.95. The number of nitrogens with zero attached hydrogens (tertiary/aromatic N) is 1. The number of carbonyl (C=O) groups is 2. The molecule has 4 N–H and O–H groups in total. The molecule has 1 aliphatic heterocycles. The molecule has 0 saturated carbocycles. The van der Waals surface area contributed by atoms with E-state index in [4.69, 9.17) is 18.9 Å². The topological polar surface area (TPSA) is 187 Å². The first-order valence-corrected chi connectivity index (χ1v) is 15.0. The lowest BCUT2D eigenvalue weighted by Crippen LogP contribution is -2.44. The number of hydrogen-bond acceptors (Lipinski definition) is 10. The highest BCUT2D eigenvalue weighted by atomic mass is 31.2. The maximum Gasteiger partial charge on any atom is 0.330 e. The smallest absolute Gasteiger partial charge is 0.330 e. The van der Waals surface area contributed by atoms with E-state index in [1.807, 2.05) is 13.8 Å². The number of ether oxygens (including phenoxy) is 4. The number of rotatable bonds is 16. The second-order valence-electron chi connectivity index (χ2n) is 9.69. The van der Waals surface area contributed by atoms with Gasteiger partial charge >= 0.3 is 17.6 Å². The van der Waals surface area contributed by atoms with Gasteiger partial charge in [-0.3, -0.25) is 28.5 Å². The van der Waals surface area contributed by atoms with Crippen LogP contribution in [0, 0.1) is 0 Å². The number of hydrogen-bond donors (Lipinski definition) is 4. The van der Waals surface area contributed by atoms with Crippen LogP contribution in [0.4, 0.5) is 0 Å². The van der Waals surface area contributed by atoms with E-state index in [0.29, 0.717) is 12.8 Å². The zero-order chi connectivity index (χ0) is 29.2. The molecule has 1 saturated heterocycles. The Morgan fingerprint density at radius 3 is 2.18 bits per heavy atom. The van der Waals surface area contributed by atoms with Gasteiger partial charge in [0.05, 0.1) is 13.2 Å². The monoisotopic (exact) mass is 576 g/mol. The third-order valence-corrected chi connectivity index (χ3v) is 8.05.